The number of methoxy groups -OCH3 is 1. The number of carbonyl (C=O) groups is 1. The van der Waals surface area contributed by atoms with Crippen LogP contribution in [0.15, 0.2) is 29.5 Å². The first-order chi connectivity index (χ1) is 9.77. The van der Waals surface area contributed by atoms with Gasteiger partial charge in [0.05, 0.1) is 12.2 Å². The van der Waals surface area contributed by atoms with Crippen LogP contribution in [0.3, 0.4) is 0 Å². The predicted octanol–water partition coefficient (Wildman–Crippen LogP) is 0.241. The molecule has 0 bridgehead atoms. The molecule has 0 aliphatic carbocycles. The van der Waals surface area contributed by atoms with Gasteiger partial charge in [-0.2, -0.15) is 0 Å². The van der Waals surface area contributed by atoms with E-state index >= 15 is 0 Å². The SMILES string of the molecule is CN=C(NCCNC(=O)c1cccnc1)NCCOC.I. The van der Waals surface area contributed by atoms with Crippen molar-refractivity contribution < 1.29 is 9.53 Å². The van der Waals surface area contributed by atoms with E-state index in [4.69, 9.17) is 4.74 Å². The van der Waals surface area contributed by atoms with Gasteiger partial charge in [0.25, 0.3) is 5.91 Å². The fourth-order valence-electron chi connectivity index (χ4n) is 1.45. The van der Waals surface area contributed by atoms with Crippen LogP contribution in [-0.2, 0) is 4.74 Å². The molecular weight excluding hydrogens is 385 g/mol. The van der Waals surface area contributed by atoms with Gasteiger partial charge in [-0.1, -0.05) is 0 Å². The highest BCUT2D eigenvalue weighted by Gasteiger charge is 2.03. The first kappa shape index (κ1) is 19.6. The number of ether oxygens (including phenoxy) is 1. The van der Waals surface area contributed by atoms with Gasteiger partial charge in [-0.05, 0) is 12.1 Å². The van der Waals surface area contributed by atoms with Gasteiger partial charge in [-0.25, -0.2) is 0 Å². The Hall–Kier alpha value is -1.42. The highest BCUT2D eigenvalue weighted by Crippen LogP contribution is 1.93. The molecule has 1 rings (SSSR count). The summed E-state index contributed by atoms with van der Waals surface area (Å²) >= 11 is 0. The summed E-state index contributed by atoms with van der Waals surface area (Å²) in [5.41, 5.74) is 0.551. The standard InChI is InChI=1S/C13H21N5O2.HI/c1-14-13(18-8-9-20-2)17-7-6-16-12(19)11-4-3-5-15-10-11;/h3-5,10H,6-9H2,1-2H3,(H,16,19)(H2,14,17,18);1H. The topological polar surface area (TPSA) is 87.6 Å². The summed E-state index contributed by atoms with van der Waals surface area (Å²) in [6.45, 7) is 2.37. The Bertz CT molecular complexity index is 428. The van der Waals surface area contributed by atoms with Crippen LogP contribution >= 0.6 is 24.0 Å². The van der Waals surface area contributed by atoms with Crippen LogP contribution in [0.2, 0.25) is 0 Å². The second kappa shape index (κ2) is 12.3. The molecule has 0 spiro atoms. The Kier molecular flexibility index (Phi) is 11.5. The zero-order valence-electron chi connectivity index (χ0n) is 12.3. The molecule has 118 valence electrons. The Morgan fingerprint density at radius 2 is 2.00 bits per heavy atom. The van der Waals surface area contributed by atoms with Crippen LogP contribution in [0.1, 0.15) is 10.4 Å². The number of rotatable bonds is 7. The third-order valence-corrected chi connectivity index (χ3v) is 2.45. The van der Waals surface area contributed by atoms with Crippen molar-refractivity contribution in [2.45, 2.75) is 0 Å². The van der Waals surface area contributed by atoms with Crippen LogP contribution < -0.4 is 16.0 Å². The molecule has 1 aromatic rings. The summed E-state index contributed by atoms with van der Waals surface area (Å²) in [7, 11) is 3.34. The quantitative estimate of drug-likeness (QED) is 0.261. The number of aliphatic imine (C=N–C) groups is 1. The lowest BCUT2D eigenvalue weighted by Gasteiger charge is -2.11. The van der Waals surface area contributed by atoms with Crippen LogP contribution in [0.5, 0.6) is 0 Å². The number of nitrogens with one attached hydrogen (secondary N) is 3. The van der Waals surface area contributed by atoms with Crippen LogP contribution in [0.4, 0.5) is 0 Å². The highest BCUT2D eigenvalue weighted by atomic mass is 127. The van der Waals surface area contributed by atoms with Gasteiger partial charge in [-0.3, -0.25) is 14.8 Å². The molecule has 0 saturated heterocycles. The zero-order valence-corrected chi connectivity index (χ0v) is 14.6. The van der Waals surface area contributed by atoms with E-state index in [1.807, 2.05) is 0 Å². The Morgan fingerprint density at radius 1 is 1.29 bits per heavy atom. The largest absolute Gasteiger partial charge is 0.383 e. The Labute approximate surface area is 142 Å². The van der Waals surface area contributed by atoms with Crippen molar-refractivity contribution in [1.29, 1.82) is 0 Å². The number of guanidine groups is 1. The first-order valence-corrected chi connectivity index (χ1v) is 6.39. The number of halogens is 1. The van der Waals surface area contributed by atoms with E-state index in [-0.39, 0.29) is 29.9 Å². The van der Waals surface area contributed by atoms with Gasteiger partial charge < -0.3 is 20.7 Å². The van der Waals surface area contributed by atoms with E-state index in [9.17, 15) is 4.79 Å². The maximum atomic E-state index is 11.7. The third-order valence-electron chi connectivity index (χ3n) is 2.45. The number of amides is 1. The molecule has 21 heavy (non-hydrogen) atoms. The monoisotopic (exact) mass is 407 g/mol. The summed E-state index contributed by atoms with van der Waals surface area (Å²) in [6.07, 6.45) is 3.17. The van der Waals surface area contributed by atoms with Crippen molar-refractivity contribution >= 4 is 35.8 Å². The fourth-order valence-corrected chi connectivity index (χ4v) is 1.45. The van der Waals surface area contributed by atoms with Crippen molar-refractivity contribution in [2.24, 2.45) is 4.99 Å². The highest BCUT2D eigenvalue weighted by molar-refractivity contribution is 14.0. The van der Waals surface area contributed by atoms with Crippen molar-refractivity contribution in [3.63, 3.8) is 0 Å². The smallest absolute Gasteiger partial charge is 0.252 e. The maximum absolute atomic E-state index is 11.7. The molecule has 0 aliphatic rings. The fraction of sp³-hybridized carbons (Fsp3) is 0.462. The van der Waals surface area contributed by atoms with E-state index in [0.717, 1.165) is 0 Å². The molecule has 0 atom stereocenters. The zero-order chi connectivity index (χ0) is 14.6. The molecule has 1 amide bonds. The molecule has 0 aromatic carbocycles. The molecule has 0 aliphatic heterocycles. The lowest BCUT2D eigenvalue weighted by Crippen LogP contribution is -2.42. The molecular formula is C13H22IN5O2. The van der Waals surface area contributed by atoms with E-state index in [1.54, 1.807) is 32.5 Å². The van der Waals surface area contributed by atoms with Crippen molar-refractivity contribution in [3.8, 4) is 0 Å². The molecule has 0 fully saturated rings. The van der Waals surface area contributed by atoms with Gasteiger partial charge in [0.1, 0.15) is 0 Å². The van der Waals surface area contributed by atoms with Gasteiger partial charge in [0.2, 0.25) is 0 Å². The molecule has 8 heteroatoms. The number of pyridine rings is 1. The number of aromatic nitrogens is 1. The molecule has 1 heterocycles. The van der Waals surface area contributed by atoms with Gasteiger partial charge in [-0.15, -0.1) is 24.0 Å². The first-order valence-electron chi connectivity index (χ1n) is 6.39. The van der Waals surface area contributed by atoms with Crippen LogP contribution in [-0.4, -0.2) is 57.2 Å². The van der Waals surface area contributed by atoms with Crippen LogP contribution in [0.25, 0.3) is 0 Å². The lowest BCUT2D eigenvalue weighted by molar-refractivity contribution is 0.0954. The minimum atomic E-state index is -0.137. The summed E-state index contributed by atoms with van der Waals surface area (Å²) in [5, 5.41) is 8.97. The average molecular weight is 407 g/mol. The second-order valence-corrected chi connectivity index (χ2v) is 3.92. The van der Waals surface area contributed by atoms with Crippen LogP contribution in [0, 0.1) is 0 Å². The molecule has 0 radical (unpaired) electrons. The number of nitrogens with zero attached hydrogens (tertiary/aromatic N) is 2. The lowest BCUT2D eigenvalue weighted by atomic mass is 10.3. The maximum Gasteiger partial charge on any atom is 0.252 e. The average Bonchev–Trinajstić information content (AvgIpc) is 2.50. The number of hydrogen-bond donors (Lipinski definition) is 3. The molecule has 3 N–H and O–H groups in total. The van der Waals surface area contributed by atoms with Gasteiger partial charge >= 0.3 is 0 Å². The van der Waals surface area contributed by atoms with E-state index < -0.39 is 0 Å². The minimum Gasteiger partial charge on any atom is -0.383 e. The number of hydrogen-bond acceptors (Lipinski definition) is 4. The third kappa shape index (κ3) is 8.45. The van der Waals surface area contributed by atoms with E-state index in [0.29, 0.717) is 37.8 Å². The molecule has 0 unspecified atom stereocenters. The van der Waals surface area contributed by atoms with Crippen molar-refractivity contribution in [1.82, 2.24) is 20.9 Å². The van der Waals surface area contributed by atoms with Crippen molar-refractivity contribution in [2.75, 3.05) is 40.4 Å². The Morgan fingerprint density at radius 3 is 2.62 bits per heavy atom. The summed E-state index contributed by atoms with van der Waals surface area (Å²) in [6, 6.07) is 3.45. The minimum absolute atomic E-state index is 0. The van der Waals surface area contributed by atoms with E-state index in [2.05, 4.69) is 25.9 Å². The second-order valence-electron chi connectivity index (χ2n) is 3.92. The summed E-state index contributed by atoms with van der Waals surface area (Å²) in [5.74, 6) is 0.542. The predicted molar refractivity (Wildman–Crippen MR) is 93.2 cm³/mol. The van der Waals surface area contributed by atoms with Gasteiger partial charge in [0.15, 0.2) is 5.96 Å². The number of carbonyl (C=O) groups excluding carboxylic acids is 1. The summed E-state index contributed by atoms with van der Waals surface area (Å²) in [4.78, 5) is 19.7. The normalized spacial score (nSPS) is 10.5. The summed E-state index contributed by atoms with van der Waals surface area (Å²) < 4.78 is 4.93. The molecule has 1 aromatic heterocycles. The van der Waals surface area contributed by atoms with Crippen molar-refractivity contribution in [3.05, 3.63) is 30.1 Å². The Balaban J connectivity index is 0.00000400. The van der Waals surface area contributed by atoms with Gasteiger partial charge in [0, 0.05) is 46.2 Å². The molecule has 7 nitrogen and oxygen atoms in total. The van der Waals surface area contributed by atoms with E-state index in [1.165, 1.54) is 6.20 Å². The molecule has 0 saturated carbocycles.